The van der Waals surface area contributed by atoms with E-state index in [0.717, 1.165) is 31.6 Å². The number of amides is 1. The molecule has 3 heterocycles. The number of aromatic nitrogens is 4. The van der Waals surface area contributed by atoms with Crippen molar-refractivity contribution in [2.24, 2.45) is 0 Å². The van der Waals surface area contributed by atoms with E-state index in [9.17, 15) is 4.79 Å². The molecule has 4 rings (SSSR count). The van der Waals surface area contributed by atoms with E-state index in [1.165, 1.54) is 4.88 Å². The Morgan fingerprint density at radius 2 is 2.04 bits per heavy atom. The third kappa shape index (κ3) is 3.38. The maximum absolute atomic E-state index is 12.6. The Kier molecular flexibility index (Phi) is 4.77. The lowest BCUT2D eigenvalue weighted by Gasteiger charge is -2.20. The average molecular weight is 368 g/mol. The molecule has 0 aliphatic carbocycles. The number of nitrogens with one attached hydrogen (secondary N) is 2. The third-order valence-corrected chi connectivity index (χ3v) is 5.67. The van der Waals surface area contributed by atoms with Crippen LogP contribution < -0.4 is 10.6 Å². The van der Waals surface area contributed by atoms with E-state index < -0.39 is 0 Å². The summed E-state index contributed by atoms with van der Waals surface area (Å²) < 4.78 is 1.66. The normalized spacial score (nSPS) is 15.1. The molecule has 26 heavy (non-hydrogen) atoms. The van der Waals surface area contributed by atoms with E-state index in [1.54, 1.807) is 16.0 Å². The molecule has 8 heteroatoms. The smallest absolute Gasteiger partial charge is 0.279 e. The van der Waals surface area contributed by atoms with Gasteiger partial charge in [-0.25, -0.2) is 9.67 Å². The number of rotatable bonds is 4. The maximum atomic E-state index is 12.6. The molecule has 1 fully saturated rings. The molecule has 1 amide bonds. The fourth-order valence-electron chi connectivity index (χ4n) is 3.15. The number of anilines is 1. The van der Waals surface area contributed by atoms with Crippen LogP contribution >= 0.6 is 11.3 Å². The molecule has 1 saturated heterocycles. The minimum atomic E-state index is -0.282. The molecular formula is C18H20N6OS. The van der Waals surface area contributed by atoms with Gasteiger partial charge in [0.05, 0.1) is 11.4 Å². The monoisotopic (exact) mass is 368 g/mol. The van der Waals surface area contributed by atoms with E-state index >= 15 is 0 Å². The van der Waals surface area contributed by atoms with Crippen molar-refractivity contribution < 1.29 is 4.79 Å². The lowest BCUT2D eigenvalue weighted by Crippen LogP contribution is -2.26. The average Bonchev–Trinajstić information content (AvgIpc) is 3.30. The van der Waals surface area contributed by atoms with Gasteiger partial charge in [0.2, 0.25) is 0 Å². The van der Waals surface area contributed by atoms with Gasteiger partial charge in [-0.2, -0.15) is 0 Å². The van der Waals surface area contributed by atoms with Crippen LogP contribution in [0.3, 0.4) is 0 Å². The summed E-state index contributed by atoms with van der Waals surface area (Å²) in [5.41, 5.74) is 1.88. The first-order valence-electron chi connectivity index (χ1n) is 8.68. The van der Waals surface area contributed by atoms with Crippen LogP contribution in [-0.2, 0) is 0 Å². The molecule has 0 saturated carbocycles. The number of thiazole rings is 1. The van der Waals surface area contributed by atoms with Crippen LogP contribution in [0.5, 0.6) is 0 Å². The number of para-hydroxylation sites is 1. The summed E-state index contributed by atoms with van der Waals surface area (Å²) in [5, 5.41) is 15.0. The molecule has 0 atom stereocenters. The maximum Gasteiger partial charge on any atom is 0.279 e. The predicted molar refractivity (Wildman–Crippen MR) is 101 cm³/mol. The zero-order valence-electron chi connectivity index (χ0n) is 14.5. The molecule has 2 N–H and O–H groups in total. The predicted octanol–water partition coefficient (Wildman–Crippen LogP) is 2.75. The minimum Gasteiger partial charge on any atom is -0.317 e. The van der Waals surface area contributed by atoms with Crippen molar-refractivity contribution in [3.05, 3.63) is 52.8 Å². The molecule has 7 nitrogen and oxygen atoms in total. The van der Waals surface area contributed by atoms with Crippen molar-refractivity contribution in [1.29, 1.82) is 0 Å². The molecule has 134 valence electrons. The first-order valence-corrected chi connectivity index (χ1v) is 9.49. The van der Waals surface area contributed by atoms with E-state index in [4.69, 9.17) is 0 Å². The first-order chi connectivity index (χ1) is 12.7. The zero-order valence-corrected chi connectivity index (χ0v) is 15.3. The molecular weight excluding hydrogens is 348 g/mol. The Labute approximate surface area is 155 Å². The minimum absolute atomic E-state index is 0.282. The fourth-order valence-corrected chi connectivity index (χ4v) is 4.13. The number of hydrogen-bond donors (Lipinski definition) is 2. The molecule has 1 aromatic carbocycles. The van der Waals surface area contributed by atoms with Gasteiger partial charge in [-0.15, -0.1) is 16.4 Å². The van der Waals surface area contributed by atoms with Gasteiger partial charge in [0.25, 0.3) is 5.91 Å². The van der Waals surface area contributed by atoms with Crippen molar-refractivity contribution in [1.82, 2.24) is 25.3 Å². The molecule has 2 aromatic heterocycles. The SMILES string of the molecule is Cc1c(C(=O)Nc2ncc(C3CCNCC3)s2)nnn1-c1ccccc1. The molecule has 0 spiro atoms. The topological polar surface area (TPSA) is 84.7 Å². The van der Waals surface area contributed by atoms with Gasteiger partial charge in [-0.05, 0) is 50.9 Å². The second-order valence-electron chi connectivity index (χ2n) is 6.32. The zero-order chi connectivity index (χ0) is 17.9. The number of nitrogens with zero attached hydrogens (tertiary/aromatic N) is 4. The number of carbonyl (C=O) groups excluding carboxylic acids is 1. The van der Waals surface area contributed by atoms with Crippen LogP contribution in [0.25, 0.3) is 5.69 Å². The first kappa shape index (κ1) is 16.9. The molecule has 3 aromatic rings. The van der Waals surface area contributed by atoms with Crippen molar-refractivity contribution >= 4 is 22.4 Å². The quantitative estimate of drug-likeness (QED) is 0.740. The molecule has 1 aliphatic rings. The Bertz CT molecular complexity index is 898. The number of carbonyl (C=O) groups is 1. The second kappa shape index (κ2) is 7.35. The molecule has 0 bridgehead atoms. The van der Waals surface area contributed by atoms with Gasteiger partial charge >= 0.3 is 0 Å². The highest BCUT2D eigenvalue weighted by atomic mass is 32.1. The van der Waals surface area contributed by atoms with Crippen molar-refractivity contribution in [3.63, 3.8) is 0 Å². The van der Waals surface area contributed by atoms with Crippen molar-refractivity contribution in [2.45, 2.75) is 25.7 Å². The van der Waals surface area contributed by atoms with Gasteiger partial charge in [0, 0.05) is 11.1 Å². The summed E-state index contributed by atoms with van der Waals surface area (Å²) in [5.74, 6) is 0.246. The van der Waals surface area contributed by atoms with Gasteiger partial charge in [-0.3, -0.25) is 10.1 Å². The van der Waals surface area contributed by atoms with E-state index in [0.29, 0.717) is 22.4 Å². The van der Waals surface area contributed by atoms with E-state index in [2.05, 4.69) is 25.9 Å². The van der Waals surface area contributed by atoms with Gasteiger partial charge in [-0.1, -0.05) is 23.4 Å². The van der Waals surface area contributed by atoms with Gasteiger partial charge < -0.3 is 5.32 Å². The largest absolute Gasteiger partial charge is 0.317 e. The van der Waals surface area contributed by atoms with Crippen LogP contribution in [0.1, 0.15) is 39.8 Å². The highest BCUT2D eigenvalue weighted by molar-refractivity contribution is 7.15. The summed E-state index contributed by atoms with van der Waals surface area (Å²) in [6, 6.07) is 9.64. The number of benzene rings is 1. The summed E-state index contributed by atoms with van der Waals surface area (Å²) in [6.07, 6.45) is 4.10. The highest BCUT2D eigenvalue weighted by Gasteiger charge is 2.21. The van der Waals surface area contributed by atoms with Crippen LogP contribution in [0, 0.1) is 6.92 Å². The van der Waals surface area contributed by atoms with Crippen LogP contribution in [0.2, 0.25) is 0 Å². The van der Waals surface area contributed by atoms with Crippen LogP contribution in [0.4, 0.5) is 5.13 Å². The summed E-state index contributed by atoms with van der Waals surface area (Å²) in [7, 11) is 0. The fraction of sp³-hybridized carbons (Fsp3) is 0.333. The van der Waals surface area contributed by atoms with Crippen LogP contribution in [-0.4, -0.2) is 39.0 Å². The van der Waals surface area contributed by atoms with Gasteiger partial charge in [0.15, 0.2) is 10.8 Å². The lowest BCUT2D eigenvalue weighted by molar-refractivity contribution is 0.102. The standard InChI is InChI=1S/C18H20N6OS/c1-12-16(22-23-24(12)14-5-3-2-4-6-14)17(25)21-18-20-11-15(26-18)13-7-9-19-10-8-13/h2-6,11,13,19H,7-10H2,1H3,(H,20,21,25). The molecule has 0 unspecified atom stereocenters. The van der Waals surface area contributed by atoms with E-state index in [1.807, 2.05) is 43.5 Å². The van der Waals surface area contributed by atoms with E-state index in [-0.39, 0.29) is 5.91 Å². The Balaban J connectivity index is 1.49. The lowest BCUT2D eigenvalue weighted by atomic mass is 9.97. The van der Waals surface area contributed by atoms with Crippen molar-refractivity contribution in [3.8, 4) is 5.69 Å². The van der Waals surface area contributed by atoms with Crippen LogP contribution in [0.15, 0.2) is 36.5 Å². The van der Waals surface area contributed by atoms with Crippen molar-refractivity contribution in [2.75, 3.05) is 18.4 Å². The Morgan fingerprint density at radius 1 is 1.27 bits per heavy atom. The molecule has 1 aliphatic heterocycles. The Hall–Kier alpha value is -2.58. The summed E-state index contributed by atoms with van der Waals surface area (Å²) >= 11 is 1.55. The number of piperidine rings is 1. The molecule has 0 radical (unpaired) electrons. The Morgan fingerprint density at radius 3 is 2.81 bits per heavy atom. The number of hydrogen-bond acceptors (Lipinski definition) is 6. The highest BCUT2D eigenvalue weighted by Crippen LogP contribution is 2.31. The summed E-state index contributed by atoms with van der Waals surface area (Å²) in [6.45, 7) is 3.91. The summed E-state index contributed by atoms with van der Waals surface area (Å²) in [4.78, 5) is 18.2. The third-order valence-electron chi connectivity index (χ3n) is 4.60. The van der Waals surface area contributed by atoms with Gasteiger partial charge in [0.1, 0.15) is 0 Å². The second-order valence-corrected chi connectivity index (χ2v) is 7.38.